The van der Waals surface area contributed by atoms with Crippen LogP contribution in [0.2, 0.25) is 0 Å². The maximum atomic E-state index is 12.9. The summed E-state index contributed by atoms with van der Waals surface area (Å²) in [7, 11) is 0. The van der Waals surface area contributed by atoms with Gasteiger partial charge in [-0.15, -0.1) is 0 Å². The molecule has 0 bridgehead atoms. The summed E-state index contributed by atoms with van der Waals surface area (Å²) in [4.78, 5) is 28.0. The van der Waals surface area contributed by atoms with Gasteiger partial charge in [0.1, 0.15) is 5.82 Å². The SMILES string of the molecule is CC1(C)CCc2[nH]cc(C(=O)Nc3ccc(F)cc3)c2C1=O. The first-order chi connectivity index (χ1) is 10.4. The Morgan fingerprint density at radius 3 is 2.64 bits per heavy atom. The topological polar surface area (TPSA) is 62.0 Å². The standard InChI is InChI=1S/C17H17FN2O2/c1-17(2)8-7-13-14(15(17)21)12(9-19-13)16(22)20-11-5-3-10(18)4-6-11/h3-6,9,19H,7-8H2,1-2H3,(H,20,22). The van der Waals surface area contributed by atoms with E-state index >= 15 is 0 Å². The van der Waals surface area contributed by atoms with E-state index in [2.05, 4.69) is 10.3 Å². The molecule has 0 radical (unpaired) electrons. The van der Waals surface area contributed by atoms with Gasteiger partial charge in [0.2, 0.25) is 0 Å². The fourth-order valence-corrected chi connectivity index (χ4v) is 2.72. The van der Waals surface area contributed by atoms with Gasteiger partial charge in [-0.25, -0.2) is 4.39 Å². The Hall–Kier alpha value is -2.43. The number of nitrogens with one attached hydrogen (secondary N) is 2. The van der Waals surface area contributed by atoms with Crippen molar-refractivity contribution in [3.05, 3.63) is 53.1 Å². The van der Waals surface area contributed by atoms with Crippen LogP contribution < -0.4 is 5.32 Å². The van der Waals surface area contributed by atoms with Crippen LogP contribution in [0.1, 0.15) is 46.7 Å². The van der Waals surface area contributed by atoms with E-state index in [4.69, 9.17) is 0 Å². The number of carbonyl (C=O) groups is 2. The molecule has 4 nitrogen and oxygen atoms in total. The minimum atomic E-state index is -0.458. The van der Waals surface area contributed by atoms with E-state index in [1.807, 2.05) is 13.8 Å². The molecule has 1 aromatic carbocycles. The molecule has 114 valence electrons. The van der Waals surface area contributed by atoms with Gasteiger partial charge in [0.15, 0.2) is 5.78 Å². The largest absolute Gasteiger partial charge is 0.364 e. The lowest BCUT2D eigenvalue weighted by molar-refractivity contribution is 0.0805. The monoisotopic (exact) mass is 300 g/mol. The van der Waals surface area contributed by atoms with Crippen LogP contribution in [0.5, 0.6) is 0 Å². The summed E-state index contributed by atoms with van der Waals surface area (Å²) in [6.45, 7) is 3.79. The Bertz CT molecular complexity index is 745. The van der Waals surface area contributed by atoms with E-state index in [0.717, 1.165) is 18.5 Å². The van der Waals surface area contributed by atoms with Gasteiger partial charge in [-0.1, -0.05) is 13.8 Å². The third-order valence-corrected chi connectivity index (χ3v) is 4.15. The highest BCUT2D eigenvalue weighted by molar-refractivity contribution is 6.15. The number of aryl methyl sites for hydroxylation is 1. The van der Waals surface area contributed by atoms with Crippen molar-refractivity contribution in [2.75, 3.05) is 5.32 Å². The van der Waals surface area contributed by atoms with Crippen LogP contribution in [0.3, 0.4) is 0 Å². The number of carbonyl (C=O) groups excluding carboxylic acids is 2. The number of aromatic amines is 1. The minimum absolute atomic E-state index is 0.0146. The van der Waals surface area contributed by atoms with Crippen molar-refractivity contribution in [3.8, 4) is 0 Å². The molecule has 0 unspecified atom stereocenters. The molecule has 0 atom stereocenters. The maximum Gasteiger partial charge on any atom is 0.257 e. The molecular weight excluding hydrogens is 283 g/mol. The molecule has 5 heteroatoms. The number of amides is 1. The van der Waals surface area contributed by atoms with Gasteiger partial charge < -0.3 is 10.3 Å². The third kappa shape index (κ3) is 2.43. The highest BCUT2D eigenvalue weighted by atomic mass is 19.1. The van der Waals surface area contributed by atoms with Gasteiger partial charge in [-0.2, -0.15) is 0 Å². The summed E-state index contributed by atoms with van der Waals surface area (Å²) < 4.78 is 12.9. The zero-order valence-electron chi connectivity index (χ0n) is 12.5. The van der Waals surface area contributed by atoms with Crippen molar-refractivity contribution in [1.29, 1.82) is 0 Å². The minimum Gasteiger partial charge on any atom is -0.364 e. The van der Waals surface area contributed by atoms with Crippen LogP contribution in [0.15, 0.2) is 30.5 Å². The molecule has 1 amide bonds. The van der Waals surface area contributed by atoms with Gasteiger partial charge >= 0.3 is 0 Å². The molecule has 1 aliphatic carbocycles. The van der Waals surface area contributed by atoms with Crippen LogP contribution in [-0.2, 0) is 6.42 Å². The van der Waals surface area contributed by atoms with E-state index in [0.29, 0.717) is 16.8 Å². The number of halogens is 1. The van der Waals surface area contributed by atoms with Gasteiger partial charge in [0, 0.05) is 23.0 Å². The van der Waals surface area contributed by atoms with E-state index in [9.17, 15) is 14.0 Å². The van der Waals surface area contributed by atoms with Crippen LogP contribution in [0, 0.1) is 11.2 Å². The predicted octanol–water partition coefficient (Wildman–Crippen LogP) is 3.56. The van der Waals surface area contributed by atoms with Crippen molar-refractivity contribution in [2.24, 2.45) is 5.41 Å². The molecule has 1 aliphatic rings. The third-order valence-electron chi connectivity index (χ3n) is 4.15. The zero-order chi connectivity index (χ0) is 15.9. The molecule has 0 aliphatic heterocycles. The molecule has 1 aromatic heterocycles. The highest BCUT2D eigenvalue weighted by Crippen LogP contribution is 2.36. The maximum absolute atomic E-state index is 12.9. The Morgan fingerprint density at radius 2 is 1.95 bits per heavy atom. The summed E-state index contributed by atoms with van der Waals surface area (Å²) in [5, 5.41) is 2.69. The van der Waals surface area contributed by atoms with Crippen LogP contribution >= 0.6 is 0 Å². The summed E-state index contributed by atoms with van der Waals surface area (Å²) in [5.74, 6) is -0.747. The number of ketones is 1. The molecule has 0 spiro atoms. The van der Waals surface area contributed by atoms with E-state index < -0.39 is 5.41 Å². The number of rotatable bonds is 2. The van der Waals surface area contributed by atoms with Crippen LogP contribution in [-0.4, -0.2) is 16.7 Å². The molecule has 0 saturated heterocycles. The first-order valence-electron chi connectivity index (χ1n) is 7.20. The lowest BCUT2D eigenvalue weighted by Crippen LogP contribution is -2.31. The molecule has 22 heavy (non-hydrogen) atoms. The Kier molecular flexibility index (Phi) is 3.35. The number of Topliss-reactive ketones (excluding diaryl/α,β-unsaturated/α-hetero) is 1. The summed E-state index contributed by atoms with van der Waals surface area (Å²) in [6, 6.07) is 5.52. The van der Waals surface area contributed by atoms with E-state index in [1.165, 1.54) is 24.3 Å². The van der Waals surface area contributed by atoms with Crippen molar-refractivity contribution in [3.63, 3.8) is 0 Å². The second-order valence-corrected chi connectivity index (χ2v) is 6.23. The second kappa shape index (κ2) is 5.09. The number of H-pyrrole nitrogens is 1. The molecule has 2 aromatic rings. The number of benzene rings is 1. The fraction of sp³-hybridized carbons (Fsp3) is 0.294. The summed E-state index contributed by atoms with van der Waals surface area (Å²) in [6.07, 6.45) is 3.08. The summed E-state index contributed by atoms with van der Waals surface area (Å²) >= 11 is 0. The number of hydrogen-bond acceptors (Lipinski definition) is 2. The highest BCUT2D eigenvalue weighted by Gasteiger charge is 2.37. The van der Waals surface area contributed by atoms with Gasteiger partial charge in [0.25, 0.3) is 5.91 Å². The molecule has 2 N–H and O–H groups in total. The van der Waals surface area contributed by atoms with Crippen LogP contribution in [0.25, 0.3) is 0 Å². The molecule has 3 rings (SSSR count). The smallest absolute Gasteiger partial charge is 0.257 e. The molecule has 1 heterocycles. The number of fused-ring (bicyclic) bond motifs is 1. The first kappa shape index (κ1) is 14.5. The van der Waals surface area contributed by atoms with Crippen LogP contribution in [0.4, 0.5) is 10.1 Å². The number of anilines is 1. The lowest BCUT2D eigenvalue weighted by atomic mass is 9.74. The molecular formula is C17H17FN2O2. The Balaban J connectivity index is 1.90. The first-order valence-corrected chi connectivity index (χ1v) is 7.20. The van der Waals surface area contributed by atoms with Gasteiger partial charge in [0.05, 0.1) is 11.1 Å². The second-order valence-electron chi connectivity index (χ2n) is 6.23. The average Bonchev–Trinajstić information content (AvgIpc) is 2.90. The van der Waals surface area contributed by atoms with Gasteiger partial charge in [-0.05, 0) is 37.1 Å². The van der Waals surface area contributed by atoms with Crippen molar-refractivity contribution >= 4 is 17.4 Å². The fourth-order valence-electron chi connectivity index (χ4n) is 2.72. The normalized spacial score (nSPS) is 16.2. The predicted molar refractivity (Wildman–Crippen MR) is 81.6 cm³/mol. The Labute approximate surface area is 127 Å². The summed E-state index contributed by atoms with van der Waals surface area (Å²) in [5.41, 5.74) is 1.67. The van der Waals surface area contributed by atoms with E-state index in [1.54, 1.807) is 6.20 Å². The van der Waals surface area contributed by atoms with Crippen molar-refractivity contribution < 1.29 is 14.0 Å². The average molecular weight is 300 g/mol. The zero-order valence-corrected chi connectivity index (χ0v) is 12.5. The van der Waals surface area contributed by atoms with Crippen molar-refractivity contribution in [1.82, 2.24) is 4.98 Å². The quantitative estimate of drug-likeness (QED) is 0.890. The number of hydrogen-bond donors (Lipinski definition) is 2. The van der Waals surface area contributed by atoms with Crippen molar-refractivity contribution in [2.45, 2.75) is 26.7 Å². The number of aromatic nitrogens is 1. The Morgan fingerprint density at radius 1 is 1.27 bits per heavy atom. The van der Waals surface area contributed by atoms with Gasteiger partial charge in [-0.3, -0.25) is 9.59 Å². The van der Waals surface area contributed by atoms with E-state index in [-0.39, 0.29) is 17.5 Å². The molecule has 0 saturated carbocycles. The molecule has 0 fully saturated rings. The lowest BCUT2D eigenvalue weighted by Gasteiger charge is -2.28.